The standard InChI is InChI=1S/C16H22N2O3/c17-16(7-3-4-8-16)10-14(19)18-11-13-6-2-1-5-12(13)9-15(20)21/h1-2,5-6H,3-4,7-11,17H2,(H,18,19)(H,20,21). The van der Waals surface area contributed by atoms with Crippen LogP contribution in [-0.2, 0) is 22.6 Å². The van der Waals surface area contributed by atoms with E-state index < -0.39 is 5.97 Å². The van der Waals surface area contributed by atoms with Crippen LogP contribution in [0.1, 0.15) is 43.2 Å². The number of hydrogen-bond donors (Lipinski definition) is 3. The number of carbonyl (C=O) groups excluding carboxylic acids is 1. The summed E-state index contributed by atoms with van der Waals surface area (Å²) in [7, 11) is 0. The van der Waals surface area contributed by atoms with Gasteiger partial charge in [0.1, 0.15) is 0 Å². The van der Waals surface area contributed by atoms with Gasteiger partial charge in [-0.15, -0.1) is 0 Å². The largest absolute Gasteiger partial charge is 0.481 e. The van der Waals surface area contributed by atoms with Gasteiger partial charge in [-0.2, -0.15) is 0 Å². The second-order valence-corrected chi connectivity index (χ2v) is 5.86. The summed E-state index contributed by atoms with van der Waals surface area (Å²) >= 11 is 0. The molecule has 1 amide bonds. The maximum atomic E-state index is 12.0. The van der Waals surface area contributed by atoms with Gasteiger partial charge in [0, 0.05) is 18.5 Å². The summed E-state index contributed by atoms with van der Waals surface area (Å²) in [5, 5.41) is 11.7. The van der Waals surface area contributed by atoms with E-state index in [2.05, 4.69) is 5.32 Å². The lowest BCUT2D eigenvalue weighted by atomic mass is 9.94. The molecule has 5 heteroatoms. The summed E-state index contributed by atoms with van der Waals surface area (Å²) in [5.74, 6) is -0.940. The Balaban J connectivity index is 1.90. The van der Waals surface area contributed by atoms with Gasteiger partial charge in [0.05, 0.1) is 6.42 Å². The van der Waals surface area contributed by atoms with E-state index in [1.54, 1.807) is 12.1 Å². The van der Waals surface area contributed by atoms with E-state index >= 15 is 0 Å². The minimum atomic E-state index is -0.874. The van der Waals surface area contributed by atoms with Gasteiger partial charge in [0.15, 0.2) is 0 Å². The molecule has 0 bridgehead atoms. The monoisotopic (exact) mass is 290 g/mol. The molecule has 4 N–H and O–H groups in total. The molecule has 1 saturated carbocycles. The molecule has 2 rings (SSSR count). The fourth-order valence-electron chi connectivity index (χ4n) is 2.90. The quantitative estimate of drug-likeness (QED) is 0.742. The van der Waals surface area contributed by atoms with Crippen LogP contribution in [0.2, 0.25) is 0 Å². The predicted octanol–water partition coefficient (Wildman–Crippen LogP) is 1.59. The first-order valence-corrected chi connectivity index (χ1v) is 7.33. The number of rotatable bonds is 6. The van der Waals surface area contributed by atoms with Gasteiger partial charge in [-0.1, -0.05) is 37.1 Å². The highest BCUT2D eigenvalue weighted by Gasteiger charge is 2.31. The Morgan fingerprint density at radius 3 is 2.43 bits per heavy atom. The normalized spacial score (nSPS) is 16.6. The number of hydrogen-bond acceptors (Lipinski definition) is 3. The highest BCUT2D eigenvalue weighted by Crippen LogP contribution is 2.29. The maximum absolute atomic E-state index is 12.0. The van der Waals surface area contributed by atoms with Crippen molar-refractivity contribution in [1.82, 2.24) is 5.32 Å². The summed E-state index contributed by atoms with van der Waals surface area (Å²) < 4.78 is 0. The van der Waals surface area contributed by atoms with Crippen molar-refractivity contribution in [3.63, 3.8) is 0 Å². The van der Waals surface area contributed by atoms with Crippen molar-refractivity contribution in [1.29, 1.82) is 0 Å². The topological polar surface area (TPSA) is 92.4 Å². The maximum Gasteiger partial charge on any atom is 0.307 e. The second-order valence-electron chi connectivity index (χ2n) is 5.86. The van der Waals surface area contributed by atoms with Crippen LogP contribution in [0, 0.1) is 0 Å². The first-order chi connectivity index (χ1) is 9.98. The van der Waals surface area contributed by atoms with E-state index in [4.69, 9.17) is 10.8 Å². The van der Waals surface area contributed by atoms with Crippen LogP contribution in [0.5, 0.6) is 0 Å². The Bertz CT molecular complexity index is 522. The van der Waals surface area contributed by atoms with Gasteiger partial charge in [-0.05, 0) is 24.0 Å². The molecule has 0 aromatic heterocycles. The fraction of sp³-hybridized carbons (Fsp3) is 0.500. The smallest absolute Gasteiger partial charge is 0.307 e. The van der Waals surface area contributed by atoms with Gasteiger partial charge in [-0.25, -0.2) is 0 Å². The second kappa shape index (κ2) is 6.72. The third-order valence-corrected chi connectivity index (χ3v) is 4.05. The summed E-state index contributed by atoms with van der Waals surface area (Å²) in [6.07, 6.45) is 4.28. The Labute approximate surface area is 124 Å². The van der Waals surface area contributed by atoms with Crippen molar-refractivity contribution in [3.8, 4) is 0 Å². The Kier molecular flexibility index (Phi) is 4.96. The molecular weight excluding hydrogens is 268 g/mol. The highest BCUT2D eigenvalue weighted by molar-refractivity contribution is 5.77. The summed E-state index contributed by atoms with van der Waals surface area (Å²) in [4.78, 5) is 22.8. The summed E-state index contributed by atoms with van der Waals surface area (Å²) in [5.41, 5.74) is 7.40. The van der Waals surface area contributed by atoms with E-state index in [-0.39, 0.29) is 17.9 Å². The Morgan fingerprint density at radius 2 is 1.81 bits per heavy atom. The van der Waals surface area contributed by atoms with E-state index in [9.17, 15) is 9.59 Å². The van der Waals surface area contributed by atoms with E-state index in [0.717, 1.165) is 36.8 Å². The third-order valence-electron chi connectivity index (χ3n) is 4.05. The number of nitrogens with two attached hydrogens (primary N) is 1. The average molecular weight is 290 g/mol. The molecule has 0 radical (unpaired) electrons. The zero-order chi connectivity index (χ0) is 15.3. The zero-order valence-electron chi connectivity index (χ0n) is 12.1. The molecule has 1 aliphatic rings. The number of benzene rings is 1. The van der Waals surface area contributed by atoms with Crippen LogP contribution in [-0.4, -0.2) is 22.5 Å². The number of amides is 1. The molecule has 1 aromatic rings. The SMILES string of the molecule is NC1(CC(=O)NCc2ccccc2CC(=O)O)CCCC1. The van der Waals surface area contributed by atoms with Gasteiger partial charge in [0.2, 0.25) is 5.91 Å². The molecular formula is C16H22N2O3. The van der Waals surface area contributed by atoms with Crippen LogP contribution in [0.3, 0.4) is 0 Å². The van der Waals surface area contributed by atoms with Crippen molar-refractivity contribution in [3.05, 3.63) is 35.4 Å². The molecule has 1 aliphatic carbocycles. The van der Waals surface area contributed by atoms with Crippen LogP contribution in [0.15, 0.2) is 24.3 Å². The van der Waals surface area contributed by atoms with Crippen molar-refractivity contribution in [2.45, 2.75) is 50.6 Å². The Hall–Kier alpha value is -1.88. The molecule has 5 nitrogen and oxygen atoms in total. The Morgan fingerprint density at radius 1 is 1.19 bits per heavy atom. The highest BCUT2D eigenvalue weighted by atomic mass is 16.4. The van der Waals surface area contributed by atoms with Crippen molar-refractivity contribution in [2.24, 2.45) is 5.73 Å². The molecule has 0 saturated heterocycles. The molecule has 114 valence electrons. The first-order valence-electron chi connectivity index (χ1n) is 7.33. The van der Waals surface area contributed by atoms with E-state index in [1.165, 1.54) is 0 Å². The summed E-state index contributed by atoms with van der Waals surface area (Å²) in [6, 6.07) is 7.26. The fourth-order valence-corrected chi connectivity index (χ4v) is 2.90. The van der Waals surface area contributed by atoms with Gasteiger partial charge < -0.3 is 16.2 Å². The van der Waals surface area contributed by atoms with Crippen LogP contribution < -0.4 is 11.1 Å². The van der Waals surface area contributed by atoms with Gasteiger partial charge >= 0.3 is 5.97 Å². The zero-order valence-corrected chi connectivity index (χ0v) is 12.1. The molecule has 0 unspecified atom stereocenters. The minimum Gasteiger partial charge on any atom is -0.481 e. The molecule has 1 aromatic carbocycles. The molecule has 21 heavy (non-hydrogen) atoms. The number of carboxylic acid groups (broad SMARTS) is 1. The molecule has 0 heterocycles. The number of aliphatic carboxylic acids is 1. The predicted molar refractivity (Wildman–Crippen MR) is 79.6 cm³/mol. The lowest BCUT2D eigenvalue weighted by molar-refractivity contribution is -0.136. The van der Waals surface area contributed by atoms with Gasteiger partial charge in [-0.3, -0.25) is 9.59 Å². The lowest BCUT2D eigenvalue weighted by Crippen LogP contribution is -2.42. The number of nitrogens with one attached hydrogen (secondary N) is 1. The third kappa shape index (κ3) is 4.56. The molecule has 0 aliphatic heterocycles. The van der Waals surface area contributed by atoms with E-state index in [1.807, 2.05) is 12.1 Å². The molecule has 0 atom stereocenters. The van der Waals surface area contributed by atoms with Crippen LogP contribution in [0.4, 0.5) is 0 Å². The van der Waals surface area contributed by atoms with E-state index in [0.29, 0.717) is 13.0 Å². The minimum absolute atomic E-state index is 0.0349. The first kappa shape index (κ1) is 15.5. The van der Waals surface area contributed by atoms with Crippen molar-refractivity contribution in [2.75, 3.05) is 0 Å². The van der Waals surface area contributed by atoms with Crippen molar-refractivity contribution >= 4 is 11.9 Å². The lowest BCUT2D eigenvalue weighted by Gasteiger charge is -2.22. The summed E-state index contributed by atoms with van der Waals surface area (Å²) in [6.45, 7) is 0.346. The average Bonchev–Trinajstić information content (AvgIpc) is 2.83. The molecule has 1 fully saturated rings. The van der Waals surface area contributed by atoms with Crippen LogP contribution >= 0.6 is 0 Å². The van der Waals surface area contributed by atoms with Crippen molar-refractivity contribution < 1.29 is 14.7 Å². The van der Waals surface area contributed by atoms with Crippen LogP contribution in [0.25, 0.3) is 0 Å². The number of carbonyl (C=O) groups is 2. The number of carboxylic acids is 1. The van der Waals surface area contributed by atoms with Gasteiger partial charge in [0.25, 0.3) is 0 Å². The molecule has 0 spiro atoms.